The van der Waals surface area contributed by atoms with Gasteiger partial charge in [-0.15, -0.1) is 10.2 Å². The van der Waals surface area contributed by atoms with Crippen molar-refractivity contribution in [3.8, 4) is 11.8 Å². The number of carbonyl (C=O) groups excluding carboxylic acids is 2. The van der Waals surface area contributed by atoms with E-state index in [0.29, 0.717) is 37.2 Å². The zero-order valence-electron chi connectivity index (χ0n) is 20.0. The van der Waals surface area contributed by atoms with Crippen LogP contribution in [0.4, 0.5) is 17.1 Å². The number of phenols is 1. The molecule has 3 aromatic carbocycles. The van der Waals surface area contributed by atoms with Crippen molar-refractivity contribution in [3.63, 3.8) is 0 Å². The van der Waals surface area contributed by atoms with Crippen LogP contribution >= 0.6 is 15.9 Å². The first-order valence-corrected chi connectivity index (χ1v) is 12.3. The molecule has 0 aromatic heterocycles. The van der Waals surface area contributed by atoms with Gasteiger partial charge in [0, 0.05) is 44.7 Å². The summed E-state index contributed by atoms with van der Waals surface area (Å²) in [4.78, 5) is 28.0. The molecule has 0 spiro atoms. The summed E-state index contributed by atoms with van der Waals surface area (Å²) in [5.41, 5.74) is 2.46. The van der Waals surface area contributed by atoms with Gasteiger partial charge in [-0.3, -0.25) is 14.5 Å². The van der Waals surface area contributed by atoms with Crippen LogP contribution in [-0.4, -0.2) is 66.9 Å². The number of aromatic hydroxyl groups is 1. The van der Waals surface area contributed by atoms with Crippen LogP contribution in [0.5, 0.6) is 5.75 Å². The molecule has 37 heavy (non-hydrogen) atoms. The van der Waals surface area contributed by atoms with Crippen molar-refractivity contribution >= 4 is 55.6 Å². The lowest BCUT2D eigenvalue weighted by Crippen LogP contribution is -2.40. The summed E-state index contributed by atoms with van der Waals surface area (Å²) in [5.74, 6) is -0.999. The van der Waals surface area contributed by atoms with Crippen LogP contribution in [0.25, 0.3) is 10.8 Å². The largest absolute Gasteiger partial charge is 0.507 e. The number of nitriles is 1. The summed E-state index contributed by atoms with van der Waals surface area (Å²) in [6.45, 7) is 1.45. The Labute approximate surface area is 220 Å². The molecule has 1 unspecified atom stereocenters. The number of amides is 2. The second-order valence-electron chi connectivity index (χ2n) is 8.89. The minimum absolute atomic E-state index is 0.00277. The van der Waals surface area contributed by atoms with Gasteiger partial charge in [0.25, 0.3) is 11.8 Å². The first-order valence-electron chi connectivity index (χ1n) is 11.5. The van der Waals surface area contributed by atoms with Gasteiger partial charge in [0.2, 0.25) is 0 Å². The second kappa shape index (κ2) is 9.55. The average molecular weight is 564 g/mol. The summed E-state index contributed by atoms with van der Waals surface area (Å²) < 4.78 is 5.44. The summed E-state index contributed by atoms with van der Waals surface area (Å²) in [5, 5.41) is 40.9. The fourth-order valence-electron chi connectivity index (χ4n) is 4.91. The Hall–Kier alpha value is -3.85. The van der Waals surface area contributed by atoms with Crippen LogP contribution in [0.2, 0.25) is 0 Å². The van der Waals surface area contributed by atoms with E-state index in [4.69, 9.17) is 4.74 Å². The van der Waals surface area contributed by atoms with Gasteiger partial charge in [-0.05, 0) is 39.7 Å². The number of halogens is 1. The van der Waals surface area contributed by atoms with E-state index in [2.05, 4.69) is 26.2 Å². The van der Waals surface area contributed by atoms with E-state index in [1.165, 1.54) is 13.1 Å². The predicted octanol–water partition coefficient (Wildman–Crippen LogP) is 4.19. The molecule has 5 rings (SSSR count). The van der Waals surface area contributed by atoms with Crippen molar-refractivity contribution in [2.75, 3.05) is 38.8 Å². The van der Waals surface area contributed by atoms with E-state index in [9.17, 15) is 25.1 Å². The minimum Gasteiger partial charge on any atom is -0.507 e. The number of aliphatic hydroxyl groups excluding tert-OH is 1. The lowest BCUT2D eigenvalue weighted by molar-refractivity contribution is 0.0692. The molecular formula is C26H22BrN5O5. The zero-order valence-corrected chi connectivity index (χ0v) is 21.6. The van der Waals surface area contributed by atoms with Gasteiger partial charge in [0.05, 0.1) is 44.9 Å². The lowest BCUT2D eigenvalue weighted by Gasteiger charge is -2.35. The molecule has 0 radical (unpaired) electrons. The number of carbonyl (C=O) groups is 2. The quantitative estimate of drug-likeness (QED) is 0.350. The molecular weight excluding hydrogens is 542 g/mol. The van der Waals surface area contributed by atoms with Crippen molar-refractivity contribution in [1.29, 1.82) is 5.26 Å². The number of azo groups is 1. The van der Waals surface area contributed by atoms with E-state index in [1.54, 1.807) is 25.3 Å². The number of nitrogens with zero attached hydrogens (tertiary/aromatic N) is 5. The number of hydrogen-bond donors (Lipinski definition) is 2. The van der Waals surface area contributed by atoms with Crippen LogP contribution in [0.15, 0.2) is 45.0 Å². The number of ether oxygens (including phenoxy) is 1. The van der Waals surface area contributed by atoms with E-state index in [1.807, 2.05) is 17.0 Å². The number of fused-ring (bicyclic) bond motifs is 4. The van der Waals surface area contributed by atoms with Crippen LogP contribution in [0.3, 0.4) is 0 Å². The van der Waals surface area contributed by atoms with E-state index >= 15 is 0 Å². The highest BCUT2D eigenvalue weighted by molar-refractivity contribution is 9.10. The Balaban J connectivity index is 1.68. The maximum absolute atomic E-state index is 12.6. The smallest absolute Gasteiger partial charge is 0.262 e. The normalized spacial score (nSPS) is 17.0. The number of rotatable bonds is 5. The molecule has 2 amide bonds. The number of methoxy groups -OCH3 is 1. The highest BCUT2D eigenvalue weighted by Crippen LogP contribution is 2.45. The van der Waals surface area contributed by atoms with Crippen molar-refractivity contribution in [3.05, 3.63) is 57.1 Å². The molecule has 0 saturated heterocycles. The second-order valence-corrected chi connectivity index (χ2v) is 9.68. The number of phenolic OH excluding ortho intramolecular Hbond substituents is 1. The van der Waals surface area contributed by atoms with Crippen molar-refractivity contribution < 1.29 is 24.5 Å². The fraction of sp³-hybridized carbons (Fsp3) is 0.269. The molecule has 2 aliphatic heterocycles. The summed E-state index contributed by atoms with van der Waals surface area (Å²) in [6.07, 6.45) is -0.206. The molecule has 11 heteroatoms. The van der Waals surface area contributed by atoms with E-state index < -0.39 is 17.9 Å². The molecule has 2 aliphatic rings. The molecule has 3 aromatic rings. The van der Waals surface area contributed by atoms with Crippen molar-refractivity contribution in [2.24, 2.45) is 10.2 Å². The van der Waals surface area contributed by atoms with Gasteiger partial charge >= 0.3 is 0 Å². The number of benzene rings is 3. The van der Waals surface area contributed by atoms with Crippen molar-refractivity contribution in [1.82, 2.24) is 4.90 Å². The Morgan fingerprint density at radius 2 is 2.03 bits per heavy atom. The van der Waals surface area contributed by atoms with Gasteiger partial charge < -0.3 is 19.8 Å². The molecule has 0 bridgehead atoms. The average Bonchev–Trinajstić information content (AvgIpc) is 3.09. The maximum atomic E-state index is 12.6. The molecule has 2 N–H and O–H groups in total. The zero-order chi connectivity index (χ0) is 26.4. The third-order valence-electron chi connectivity index (χ3n) is 6.61. The molecule has 0 fully saturated rings. The standard InChI is InChI=1S/C26H22BrN5O5/c1-31-25(35)17-9-14(11-28)23(22(27)21(17)26(31)36)30-29-18-10-13-8-15(33)12-32(6-7-37-2)24(13)16-4-3-5-19(34)20(16)18/h3-5,9-10,15,33-34H,6-8,12H2,1-2H3/b30-29+. The van der Waals surface area contributed by atoms with Crippen molar-refractivity contribution in [2.45, 2.75) is 12.5 Å². The van der Waals surface area contributed by atoms with Gasteiger partial charge in [-0.2, -0.15) is 5.26 Å². The molecule has 1 atom stereocenters. The topological polar surface area (TPSA) is 139 Å². The Kier molecular flexibility index (Phi) is 6.41. The Morgan fingerprint density at radius 1 is 1.24 bits per heavy atom. The number of aliphatic hydroxyl groups is 1. The molecule has 2 heterocycles. The third-order valence-corrected chi connectivity index (χ3v) is 7.38. The lowest BCUT2D eigenvalue weighted by atomic mass is 9.93. The number of hydrogen-bond acceptors (Lipinski definition) is 9. The monoisotopic (exact) mass is 563 g/mol. The van der Waals surface area contributed by atoms with Gasteiger partial charge in [-0.25, -0.2) is 0 Å². The Bertz CT molecular complexity index is 1550. The Morgan fingerprint density at radius 3 is 2.76 bits per heavy atom. The molecule has 0 saturated carbocycles. The number of β-amino-alcohol motifs (C(OH)–C–C–N with tert-alkyl or cyclic N) is 1. The summed E-state index contributed by atoms with van der Waals surface area (Å²) >= 11 is 3.35. The number of imide groups is 1. The first-order chi connectivity index (χ1) is 17.8. The van der Waals surface area contributed by atoms with Gasteiger partial charge in [0.15, 0.2) is 0 Å². The highest BCUT2D eigenvalue weighted by Gasteiger charge is 2.37. The fourth-order valence-corrected chi connectivity index (χ4v) is 5.58. The predicted molar refractivity (Wildman–Crippen MR) is 139 cm³/mol. The van der Waals surface area contributed by atoms with E-state index in [-0.39, 0.29) is 32.6 Å². The summed E-state index contributed by atoms with van der Waals surface area (Å²) in [6, 6.07) is 10.3. The van der Waals surface area contributed by atoms with E-state index in [0.717, 1.165) is 21.5 Å². The van der Waals surface area contributed by atoms with Crippen LogP contribution in [0.1, 0.15) is 31.8 Å². The molecule has 10 nitrogen and oxygen atoms in total. The van der Waals surface area contributed by atoms with Gasteiger partial charge in [0.1, 0.15) is 17.5 Å². The highest BCUT2D eigenvalue weighted by atomic mass is 79.9. The molecule has 0 aliphatic carbocycles. The summed E-state index contributed by atoms with van der Waals surface area (Å²) in [7, 11) is 2.99. The molecule has 188 valence electrons. The van der Waals surface area contributed by atoms with Crippen LogP contribution in [0, 0.1) is 11.3 Å². The SMILES string of the molecule is COCCN1CC(O)Cc2cc(/N=N/c3c(C#N)cc4c(c3Br)C(=O)N(C)C4=O)c3c(O)cccc3c21. The van der Waals surface area contributed by atoms with Gasteiger partial charge in [-0.1, -0.05) is 12.1 Å². The number of anilines is 1. The maximum Gasteiger partial charge on any atom is 0.262 e. The van der Waals surface area contributed by atoms with Crippen LogP contribution < -0.4 is 4.90 Å². The minimum atomic E-state index is -0.597. The third kappa shape index (κ3) is 4.03. The van der Waals surface area contributed by atoms with Crippen LogP contribution in [-0.2, 0) is 11.2 Å². The first kappa shape index (κ1) is 24.8.